The molecule has 0 aliphatic rings. The Morgan fingerprint density at radius 1 is 0.862 bits per heavy atom. The molecule has 0 saturated heterocycles. The molecule has 2 aromatic rings. The van der Waals surface area contributed by atoms with Crippen LogP contribution in [0.1, 0.15) is 83.6 Å². The van der Waals surface area contributed by atoms with Gasteiger partial charge >= 0.3 is 0 Å². The third-order valence-corrected chi connectivity index (χ3v) is 5.17. The van der Waals surface area contributed by atoms with Crippen LogP contribution in [0.2, 0.25) is 0 Å². The van der Waals surface area contributed by atoms with Gasteiger partial charge in [0.1, 0.15) is 0 Å². The van der Waals surface area contributed by atoms with E-state index in [4.69, 9.17) is 4.74 Å². The second-order valence-electron chi connectivity index (χ2n) is 7.94. The van der Waals surface area contributed by atoms with E-state index in [-0.39, 0.29) is 0 Å². The third kappa shape index (κ3) is 9.87. The normalized spacial score (nSPS) is 12.1. The molecule has 2 rings (SSSR count). The maximum Gasteiger partial charge on any atom is 0.159 e. The molecule has 0 fully saturated rings. The lowest BCUT2D eigenvalue weighted by atomic mass is 10.0. The molecule has 160 valence electrons. The molecule has 0 spiro atoms. The van der Waals surface area contributed by atoms with E-state index < -0.39 is 6.17 Å². The van der Waals surface area contributed by atoms with Gasteiger partial charge in [-0.2, -0.15) is 0 Å². The second-order valence-corrected chi connectivity index (χ2v) is 7.94. The summed E-state index contributed by atoms with van der Waals surface area (Å²) in [4.78, 5) is 8.89. The highest BCUT2D eigenvalue weighted by atomic mass is 19.1. The van der Waals surface area contributed by atoms with E-state index in [9.17, 15) is 4.39 Å². The molecule has 0 bridgehead atoms. The summed E-state index contributed by atoms with van der Waals surface area (Å²) in [5.41, 5.74) is 2.28. The monoisotopic (exact) mass is 400 g/mol. The minimum Gasteiger partial charge on any atom is -0.490 e. The number of benzene rings is 1. The summed E-state index contributed by atoms with van der Waals surface area (Å²) < 4.78 is 18.6. The standard InChI is InChI=1S/C25H37FN2O/c1-3-4-5-6-7-8-11-18-29-24-19-27-25(28-20-24)23-16-14-22(15-17-23)13-10-9-12-21(2)26/h14-17,19-21H,3-13,18H2,1-2H3. The van der Waals surface area contributed by atoms with Crippen LogP contribution < -0.4 is 4.74 Å². The quantitative estimate of drug-likeness (QED) is 0.293. The molecule has 1 aromatic carbocycles. The van der Waals surface area contributed by atoms with Crippen molar-refractivity contribution in [2.75, 3.05) is 6.61 Å². The molecule has 1 atom stereocenters. The van der Waals surface area contributed by atoms with E-state index in [0.717, 1.165) is 43.6 Å². The Kier molecular flexibility index (Phi) is 11.3. The maximum atomic E-state index is 12.8. The van der Waals surface area contributed by atoms with Crippen LogP contribution >= 0.6 is 0 Å². The summed E-state index contributed by atoms with van der Waals surface area (Å²) in [7, 11) is 0. The van der Waals surface area contributed by atoms with Crippen molar-refractivity contribution in [2.24, 2.45) is 0 Å². The fourth-order valence-corrected chi connectivity index (χ4v) is 3.36. The topological polar surface area (TPSA) is 35.0 Å². The minimum atomic E-state index is -0.697. The van der Waals surface area contributed by atoms with Gasteiger partial charge in [0.15, 0.2) is 11.6 Å². The highest BCUT2D eigenvalue weighted by molar-refractivity contribution is 5.55. The second kappa shape index (κ2) is 14.1. The van der Waals surface area contributed by atoms with E-state index in [1.165, 1.54) is 44.1 Å². The van der Waals surface area contributed by atoms with E-state index in [2.05, 4.69) is 41.2 Å². The van der Waals surface area contributed by atoms with Crippen molar-refractivity contribution in [3.8, 4) is 17.1 Å². The number of hydrogen-bond donors (Lipinski definition) is 0. The van der Waals surface area contributed by atoms with Crippen LogP contribution in [-0.2, 0) is 6.42 Å². The van der Waals surface area contributed by atoms with Crippen molar-refractivity contribution in [1.29, 1.82) is 0 Å². The first kappa shape index (κ1) is 23.3. The fraction of sp³-hybridized carbons (Fsp3) is 0.600. The zero-order valence-electron chi connectivity index (χ0n) is 18.2. The van der Waals surface area contributed by atoms with Gasteiger partial charge in [-0.05, 0) is 38.2 Å². The Morgan fingerprint density at radius 2 is 1.52 bits per heavy atom. The summed E-state index contributed by atoms with van der Waals surface area (Å²) in [5, 5.41) is 0. The molecular formula is C25H37FN2O. The van der Waals surface area contributed by atoms with Crippen LogP contribution in [0.15, 0.2) is 36.7 Å². The number of rotatable bonds is 15. The number of aryl methyl sites for hydroxylation is 1. The molecule has 1 unspecified atom stereocenters. The molecular weight excluding hydrogens is 363 g/mol. The number of aromatic nitrogens is 2. The molecule has 0 aliphatic carbocycles. The van der Waals surface area contributed by atoms with Crippen molar-refractivity contribution in [3.63, 3.8) is 0 Å². The lowest BCUT2D eigenvalue weighted by Gasteiger charge is -2.07. The van der Waals surface area contributed by atoms with E-state index in [1.54, 1.807) is 19.3 Å². The first-order chi connectivity index (χ1) is 14.2. The predicted molar refractivity (Wildman–Crippen MR) is 119 cm³/mol. The molecule has 0 aliphatic heterocycles. The molecule has 0 radical (unpaired) electrons. The Hall–Kier alpha value is -1.97. The average molecular weight is 401 g/mol. The van der Waals surface area contributed by atoms with E-state index in [1.807, 2.05) is 0 Å². The molecule has 1 aromatic heterocycles. The molecule has 0 amide bonds. The van der Waals surface area contributed by atoms with E-state index >= 15 is 0 Å². The van der Waals surface area contributed by atoms with Gasteiger partial charge in [-0.3, -0.25) is 0 Å². The van der Waals surface area contributed by atoms with Crippen LogP contribution in [0, 0.1) is 0 Å². The van der Waals surface area contributed by atoms with Gasteiger partial charge in [-0.1, -0.05) is 76.1 Å². The number of nitrogens with zero attached hydrogens (tertiary/aromatic N) is 2. The van der Waals surface area contributed by atoms with Gasteiger partial charge in [-0.25, -0.2) is 14.4 Å². The van der Waals surface area contributed by atoms with E-state index in [0.29, 0.717) is 12.2 Å². The van der Waals surface area contributed by atoms with Gasteiger partial charge in [0.25, 0.3) is 0 Å². The molecule has 0 saturated carbocycles. The van der Waals surface area contributed by atoms with Crippen molar-refractivity contribution >= 4 is 0 Å². The molecule has 3 nitrogen and oxygen atoms in total. The molecule has 4 heteroatoms. The average Bonchev–Trinajstić information content (AvgIpc) is 2.74. The number of unbranched alkanes of at least 4 members (excludes halogenated alkanes) is 7. The first-order valence-corrected chi connectivity index (χ1v) is 11.4. The highest BCUT2D eigenvalue weighted by Gasteiger charge is 2.04. The number of halogens is 1. The van der Waals surface area contributed by atoms with Crippen molar-refractivity contribution < 1.29 is 9.13 Å². The van der Waals surface area contributed by atoms with Crippen LogP contribution in [0.3, 0.4) is 0 Å². The Labute approximate surface area is 176 Å². The summed E-state index contributed by atoms with van der Waals surface area (Å²) in [6.45, 7) is 4.60. The summed E-state index contributed by atoms with van der Waals surface area (Å²) in [5.74, 6) is 1.45. The van der Waals surface area contributed by atoms with Crippen LogP contribution in [0.25, 0.3) is 11.4 Å². The lowest BCUT2D eigenvalue weighted by molar-refractivity contribution is 0.302. The number of alkyl halides is 1. The summed E-state index contributed by atoms with van der Waals surface area (Å²) in [6, 6.07) is 8.34. The van der Waals surface area contributed by atoms with Crippen LogP contribution in [0.5, 0.6) is 5.75 Å². The summed E-state index contributed by atoms with van der Waals surface area (Å²) in [6.07, 6.45) is 15.4. The van der Waals surface area contributed by atoms with Crippen LogP contribution in [-0.4, -0.2) is 22.7 Å². The van der Waals surface area contributed by atoms with Crippen molar-refractivity contribution in [2.45, 2.75) is 90.6 Å². The maximum absolute atomic E-state index is 12.8. The molecule has 1 heterocycles. The molecule has 0 N–H and O–H groups in total. The minimum absolute atomic E-state index is 0.652. The Morgan fingerprint density at radius 3 is 2.17 bits per heavy atom. The van der Waals surface area contributed by atoms with Crippen molar-refractivity contribution in [3.05, 3.63) is 42.2 Å². The smallest absolute Gasteiger partial charge is 0.159 e. The number of ether oxygens (including phenoxy) is 1. The van der Waals surface area contributed by atoms with Crippen molar-refractivity contribution in [1.82, 2.24) is 9.97 Å². The van der Waals surface area contributed by atoms with Crippen LogP contribution in [0.4, 0.5) is 4.39 Å². The van der Waals surface area contributed by atoms with Gasteiger partial charge < -0.3 is 4.74 Å². The molecule has 29 heavy (non-hydrogen) atoms. The lowest BCUT2D eigenvalue weighted by Crippen LogP contribution is -1.99. The predicted octanol–water partition coefficient (Wildman–Crippen LogP) is 7.34. The van der Waals surface area contributed by atoms with Gasteiger partial charge in [0.05, 0.1) is 25.2 Å². The van der Waals surface area contributed by atoms with Gasteiger partial charge in [0, 0.05) is 5.56 Å². The third-order valence-electron chi connectivity index (χ3n) is 5.17. The van der Waals surface area contributed by atoms with Gasteiger partial charge in [-0.15, -0.1) is 0 Å². The van der Waals surface area contributed by atoms with Gasteiger partial charge in [0.2, 0.25) is 0 Å². The largest absolute Gasteiger partial charge is 0.490 e. The Bertz CT molecular complexity index is 656. The SMILES string of the molecule is CCCCCCCCCOc1cnc(-c2ccc(CCCCC(C)F)cc2)nc1. The number of hydrogen-bond acceptors (Lipinski definition) is 3. The fourth-order valence-electron chi connectivity index (χ4n) is 3.36. The Balaban J connectivity index is 1.68. The highest BCUT2D eigenvalue weighted by Crippen LogP contribution is 2.19. The summed E-state index contributed by atoms with van der Waals surface area (Å²) >= 11 is 0. The zero-order valence-corrected chi connectivity index (χ0v) is 18.2. The first-order valence-electron chi connectivity index (χ1n) is 11.4. The zero-order chi connectivity index (χ0) is 20.7.